The molecule has 5 heteroatoms. The van der Waals surface area contributed by atoms with Crippen LogP contribution in [0.4, 0.5) is 13.2 Å². The molecule has 0 aliphatic heterocycles. The summed E-state index contributed by atoms with van der Waals surface area (Å²) in [4.78, 5) is 0. The van der Waals surface area contributed by atoms with Crippen LogP contribution >= 0.6 is 15.9 Å². The lowest BCUT2D eigenvalue weighted by Crippen LogP contribution is -2.18. The summed E-state index contributed by atoms with van der Waals surface area (Å²) in [5.74, 6) is 0.179. The van der Waals surface area contributed by atoms with Crippen molar-refractivity contribution in [3.05, 3.63) is 35.4 Å². The smallest absolute Gasteiger partial charge is 0.372 e. The Hall–Kier alpha value is -0.550. The maximum absolute atomic E-state index is 11.9. The summed E-state index contributed by atoms with van der Waals surface area (Å²) < 4.78 is 40.3. The Morgan fingerprint density at radius 2 is 2.06 bits per heavy atom. The third kappa shape index (κ3) is 5.87. The van der Waals surface area contributed by atoms with Gasteiger partial charge < -0.3 is 4.74 Å². The Morgan fingerprint density at radius 1 is 1.33 bits per heavy atom. The van der Waals surface area contributed by atoms with Crippen molar-refractivity contribution in [1.82, 2.24) is 0 Å². The molecule has 0 radical (unpaired) electrons. The van der Waals surface area contributed by atoms with Gasteiger partial charge in [0.15, 0.2) is 0 Å². The van der Waals surface area contributed by atoms with E-state index in [9.17, 15) is 13.2 Å². The number of benzene rings is 1. The van der Waals surface area contributed by atoms with Crippen LogP contribution in [0.1, 0.15) is 23.5 Å². The maximum Gasteiger partial charge on any atom is 0.411 e. The van der Waals surface area contributed by atoms with Crippen LogP contribution in [0.2, 0.25) is 0 Å². The first-order valence-corrected chi connectivity index (χ1v) is 6.81. The molecule has 0 saturated carbocycles. The predicted octanol–water partition coefficient (Wildman–Crippen LogP) is 4.44. The second kappa shape index (κ2) is 7.14. The fourth-order valence-corrected chi connectivity index (χ4v) is 2.37. The summed E-state index contributed by atoms with van der Waals surface area (Å²) in [5.41, 5.74) is 2.28. The van der Waals surface area contributed by atoms with Crippen LogP contribution in [0, 0.1) is 6.92 Å². The zero-order valence-electron chi connectivity index (χ0n) is 10.1. The second-order valence-corrected chi connectivity index (χ2v) is 4.87. The molecule has 1 unspecified atom stereocenters. The van der Waals surface area contributed by atoms with Gasteiger partial charge in [-0.3, -0.25) is 0 Å². The van der Waals surface area contributed by atoms with E-state index in [1.54, 1.807) is 0 Å². The third-order valence-corrected chi connectivity index (χ3v) is 3.36. The highest BCUT2D eigenvalue weighted by Gasteiger charge is 2.27. The molecule has 0 heterocycles. The quantitative estimate of drug-likeness (QED) is 0.555. The molecule has 0 fully saturated rings. The average Bonchev–Trinajstić information content (AvgIpc) is 2.27. The zero-order chi connectivity index (χ0) is 13.6. The molecule has 0 saturated heterocycles. The van der Waals surface area contributed by atoms with Gasteiger partial charge in [0.25, 0.3) is 0 Å². The summed E-state index contributed by atoms with van der Waals surface area (Å²) in [7, 11) is 0. The summed E-state index contributed by atoms with van der Waals surface area (Å²) in [6, 6.07) is 7.99. The molecule has 1 nitrogen and oxygen atoms in total. The molecule has 0 aliphatic carbocycles. The van der Waals surface area contributed by atoms with Gasteiger partial charge in [0, 0.05) is 11.9 Å². The van der Waals surface area contributed by atoms with Gasteiger partial charge in [-0.15, -0.1) is 0 Å². The van der Waals surface area contributed by atoms with Gasteiger partial charge in [-0.25, -0.2) is 0 Å². The van der Waals surface area contributed by atoms with Crippen LogP contribution in [-0.2, 0) is 4.74 Å². The van der Waals surface area contributed by atoms with Crippen molar-refractivity contribution in [1.29, 1.82) is 0 Å². The lowest BCUT2D eigenvalue weighted by Gasteiger charge is -2.15. The normalized spacial score (nSPS) is 13.6. The topological polar surface area (TPSA) is 9.23 Å². The van der Waals surface area contributed by atoms with Crippen LogP contribution in [-0.4, -0.2) is 24.7 Å². The molecule has 0 amide bonds. The van der Waals surface area contributed by atoms with Crippen LogP contribution in [0.3, 0.4) is 0 Å². The zero-order valence-corrected chi connectivity index (χ0v) is 11.7. The van der Waals surface area contributed by atoms with Crippen molar-refractivity contribution >= 4 is 15.9 Å². The van der Waals surface area contributed by atoms with E-state index < -0.39 is 12.8 Å². The van der Waals surface area contributed by atoms with Crippen LogP contribution in [0.15, 0.2) is 24.3 Å². The van der Waals surface area contributed by atoms with Gasteiger partial charge in [-0.2, -0.15) is 13.2 Å². The van der Waals surface area contributed by atoms with Crippen molar-refractivity contribution in [3.63, 3.8) is 0 Å². The fourth-order valence-electron chi connectivity index (χ4n) is 1.67. The lowest BCUT2D eigenvalue weighted by atomic mass is 9.97. The molecule has 0 aromatic heterocycles. The Balaban J connectivity index is 2.43. The van der Waals surface area contributed by atoms with Gasteiger partial charge in [0.2, 0.25) is 0 Å². The highest BCUT2D eigenvalue weighted by Crippen LogP contribution is 2.23. The molecule has 0 N–H and O–H groups in total. The molecule has 1 aromatic carbocycles. The Labute approximate surface area is 113 Å². The highest BCUT2D eigenvalue weighted by atomic mass is 79.9. The van der Waals surface area contributed by atoms with Crippen molar-refractivity contribution < 1.29 is 17.9 Å². The minimum atomic E-state index is -4.24. The fraction of sp³-hybridized carbons (Fsp3) is 0.538. The Kier molecular flexibility index (Phi) is 6.15. The minimum Gasteiger partial charge on any atom is -0.372 e. The van der Waals surface area contributed by atoms with E-state index in [1.165, 1.54) is 0 Å². The van der Waals surface area contributed by atoms with Gasteiger partial charge in [0.1, 0.15) is 6.61 Å². The monoisotopic (exact) mass is 324 g/mol. The first-order valence-electron chi connectivity index (χ1n) is 5.69. The number of alkyl halides is 4. The number of rotatable bonds is 6. The molecular weight excluding hydrogens is 309 g/mol. The van der Waals surface area contributed by atoms with Crippen molar-refractivity contribution in [3.8, 4) is 0 Å². The van der Waals surface area contributed by atoms with E-state index in [0.717, 1.165) is 11.1 Å². The average molecular weight is 325 g/mol. The van der Waals surface area contributed by atoms with Crippen LogP contribution < -0.4 is 0 Å². The standard InChI is InChI=1S/C13H16BrF3O/c1-10-3-2-4-11(7-10)12(8-14)5-6-18-9-13(15,16)17/h2-4,7,12H,5-6,8-9H2,1H3. The number of hydrogen-bond acceptors (Lipinski definition) is 1. The summed E-state index contributed by atoms with van der Waals surface area (Å²) in [5, 5.41) is 0.714. The third-order valence-electron chi connectivity index (χ3n) is 2.58. The van der Waals surface area contributed by atoms with Gasteiger partial charge in [-0.05, 0) is 24.8 Å². The number of halogens is 4. The molecule has 1 atom stereocenters. The van der Waals surface area contributed by atoms with Crippen molar-refractivity contribution in [2.24, 2.45) is 0 Å². The Bertz CT molecular complexity index is 365. The second-order valence-electron chi connectivity index (χ2n) is 4.22. The summed E-state index contributed by atoms with van der Waals surface area (Å²) >= 11 is 3.39. The minimum absolute atomic E-state index is 0.115. The van der Waals surface area contributed by atoms with E-state index >= 15 is 0 Å². The summed E-state index contributed by atoms with van der Waals surface area (Å²) in [6.07, 6.45) is -3.67. The summed E-state index contributed by atoms with van der Waals surface area (Å²) in [6.45, 7) is 0.939. The van der Waals surface area contributed by atoms with E-state index in [-0.39, 0.29) is 12.5 Å². The van der Waals surface area contributed by atoms with E-state index in [4.69, 9.17) is 0 Å². The van der Waals surface area contributed by atoms with E-state index in [1.807, 2.05) is 25.1 Å². The van der Waals surface area contributed by atoms with Gasteiger partial charge in [0.05, 0.1) is 0 Å². The SMILES string of the molecule is Cc1cccc(C(CBr)CCOCC(F)(F)F)c1. The van der Waals surface area contributed by atoms with Crippen molar-refractivity contribution in [2.45, 2.75) is 25.4 Å². The van der Waals surface area contributed by atoms with E-state index in [0.29, 0.717) is 11.8 Å². The maximum atomic E-state index is 11.9. The molecule has 0 aliphatic rings. The molecule has 0 bridgehead atoms. The Morgan fingerprint density at radius 3 is 2.61 bits per heavy atom. The first kappa shape index (κ1) is 15.5. The van der Waals surface area contributed by atoms with Crippen LogP contribution in [0.25, 0.3) is 0 Å². The molecule has 1 rings (SSSR count). The molecule has 18 heavy (non-hydrogen) atoms. The van der Waals surface area contributed by atoms with Crippen molar-refractivity contribution in [2.75, 3.05) is 18.5 Å². The number of hydrogen-bond donors (Lipinski definition) is 0. The number of aryl methyl sites for hydroxylation is 1. The molecular formula is C13H16BrF3O. The molecule has 0 spiro atoms. The van der Waals surface area contributed by atoms with Crippen LogP contribution in [0.5, 0.6) is 0 Å². The molecule has 102 valence electrons. The van der Waals surface area contributed by atoms with E-state index in [2.05, 4.69) is 26.7 Å². The number of ether oxygens (including phenoxy) is 1. The highest BCUT2D eigenvalue weighted by molar-refractivity contribution is 9.09. The van der Waals surface area contributed by atoms with Gasteiger partial charge >= 0.3 is 6.18 Å². The van der Waals surface area contributed by atoms with Gasteiger partial charge in [-0.1, -0.05) is 45.8 Å². The molecule has 1 aromatic rings. The lowest BCUT2D eigenvalue weighted by molar-refractivity contribution is -0.174. The predicted molar refractivity (Wildman–Crippen MR) is 69.2 cm³/mol. The largest absolute Gasteiger partial charge is 0.411 e. The first-order chi connectivity index (χ1) is 8.42.